The van der Waals surface area contributed by atoms with E-state index in [4.69, 9.17) is 0 Å². The number of hydrogen-bond acceptors (Lipinski definition) is 2. The molecule has 0 spiro atoms. The zero-order valence-corrected chi connectivity index (χ0v) is 16.5. The topological polar surface area (TPSA) is 46.9 Å². The lowest BCUT2D eigenvalue weighted by molar-refractivity contribution is 0.0949. The van der Waals surface area contributed by atoms with Crippen molar-refractivity contribution in [3.63, 3.8) is 0 Å². The molecule has 1 aromatic heterocycles. The van der Waals surface area contributed by atoms with Crippen molar-refractivity contribution in [1.82, 2.24) is 14.9 Å². The van der Waals surface area contributed by atoms with E-state index in [1.165, 1.54) is 24.3 Å². The maximum absolute atomic E-state index is 13.1. The highest BCUT2D eigenvalue weighted by atomic mass is 79.9. The Morgan fingerprint density at radius 2 is 1.71 bits per heavy atom. The summed E-state index contributed by atoms with van der Waals surface area (Å²) in [6.45, 7) is 0.928. The van der Waals surface area contributed by atoms with Gasteiger partial charge in [-0.2, -0.15) is 0 Å². The van der Waals surface area contributed by atoms with Crippen LogP contribution in [0.5, 0.6) is 0 Å². The first-order valence-corrected chi connectivity index (χ1v) is 9.62. The van der Waals surface area contributed by atoms with Gasteiger partial charge in [0.05, 0.1) is 17.6 Å². The van der Waals surface area contributed by atoms with Crippen LogP contribution >= 0.6 is 15.9 Å². The molecule has 0 unspecified atom stereocenters. The van der Waals surface area contributed by atoms with Crippen LogP contribution in [0.1, 0.15) is 21.7 Å². The first-order chi connectivity index (χ1) is 13.6. The summed E-state index contributed by atoms with van der Waals surface area (Å²) in [7, 11) is 0. The molecule has 0 aliphatic rings. The van der Waals surface area contributed by atoms with Gasteiger partial charge >= 0.3 is 0 Å². The number of hydrogen-bond donors (Lipinski definition) is 1. The summed E-state index contributed by atoms with van der Waals surface area (Å²) in [5.74, 6) is 0.134. The molecule has 1 N–H and O–H groups in total. The summed E-state index contributed by atoms with van der Waals surface area (Å²) in [4.78, 5) is 17.1. The largest absolute Gasteiger partial charge is 0.345 e. The molecule has 0 saturated carbocycles. The number of para-hydroxylation sites is 2. The Labute approximate surface area is 170 Å². The van der Waals surface area contributed by atoms with E-state index in [9.17, 15) is 9.18 Å². The molecular weight excluding hydrogens is 421 g/mol. The maximum atomic E-state index is 13.1. The fourth-order valence-electron chi connectivity index (χ4n) is 3.07. The first kappa shape index (κ1) is 18.4. The summed E-state index contributed by atoms with van der Waals surface area (Å²) in [5.41, 5.74) is 3.44. The number of nitrogens with zero attached hydrogens (tertiary/aromatic N) is 2. The molecule has 1 amide bonds. The molecule has 0 bridgehead atoms. The number of carbonyl (C=O) groups is 1. The van der Waals surface area contributed by atoms with Crippen LogP contribution in [-0.4, -0.2) is 15.5 Å². The van der Waals surface area contributed by atoms with Gasteiger partial charge in [-0.15, -0.1) is 0 Å². The van der Waals surface area contributed by atoms with Crippen molar-refractivity contribution in [3.05, 3.63) is 100 Å². The fourth-order valence-corrected chi connectivity index (χ4v) is 3.34. The van der Waals surface area contributed by atoms with Crippen LogP contribution in [0, 0.1) is 5.82 Å². The van der Waals surface area contributed by atoms with E-state index in [-0.39, 0.29) is 18.3 Å². The number of fused-ring (bicyclic) bond motifs is 1. The van der Waals surface area contributed by atoms with Crippen molar-refractivity contribution in [2.24, 2.45) is 0 Å². The average Bonchev–Trinajstić information content (AvgIpc) is 3.06. The SMILES string of the molecule is O=C(NCc1nc2ccccc2n1Cc1ccc(Br)cc1)c1ccc(F)cc1. The van der Waals surface area contributed by atoms with E-state index in [1.807, 2.05) is 36.4 Å². The van der Waals surface area contributed by atoms with Crippen molar-refractivity contribution >= 4 is 32.9 Å². The van der Waals surface area contributed by atoms with Crippen LogP contribution in [0.4, 0.5) is 4.39 Å². The van der Waals surface area contributed by atoms with E-state index in [2.05, 4.69) is 42.9 Å². The molecule has 0 aliphatic carbocycles. The van der Waals surface area contributed by atoms with Crippen LogP contribution in [0.3, 0.4) is 0 Å². The summed E-state index contributed by atoms with van der Waals surface area (Å²) < 4.78 is 16.2. The number of imidazole rings is 1. The molecular formula is C22H17BrFN3O. The Morgan fingerprint density at radius 3 is 2.46 bits per heavy atom. The minimum atomic E-state index is -0.368. The average molecular weight is 438 g/mol. The van der Waals surface area contributed by atoms with E-state index in [0.717, 1.165) is 26.9 Å². The van der Waals surface area contributed by atoms with E-state index >= 15 is 0 Å². The third kappa shape index (κ3) is 3.97. The monoisotopic (exact) mass is 437 g/mol. The smallest absolute Gasteiger partial charge is 0.251 e. The zero-order chi connectivity index (χ0) is 19.5. The summed E-state index contributed by atoms with van der Waals surface area (Å²) in [6, 6.07) is 21.5. The van der Waals surface area contributed by atoms with Gasteiger partial charge in [0, 0.05) is 16.6 Å². The van der Waals surface area contributed by atoms with E-state index in [1.54, 1.807) is 0 Å². The quantitative estimate of drug-likeness (QED) is 0.481. The molecule has 4 rings (SSSR count). The number of halogens is 2. The van der Waals surface area contributed by atoms with Gasteiger partial charge < -0.3 is 9.88 Å². The molecule has 1 heterocycles. The summed E-state index contributed by atoms with van der Waals surface area (Å²) in [6.07, 6.45) is 0. The Bertz CT molecular complexity index is 1120. The normalized spacial score (nSPS) is 10.9. The minimum Gasteiger partial charge on any atom is -0.345 e. The molecule has 140 valence electrons. The van der Waals surface area contributed by atoms with Gasteiger partial charge in [0.1, 0.15) is 11.6 Å². The molecule has 0 saturated heterocycles. The number of aromatic nitrogens is 2. The Balaban J connectivity index is 1.60. The predicted octanol–water partition coefficient (Wildman–Crippen LogP) is 4.92. The van der Waals surface area contributed by atoms with Gasteiger partial charge in [-0.05, 0) is 54.1 Å². The standard InChI is InChI=1S/C22H17BrFN3O/c23-17-9-5-15(6-10-17)14-27-20-4-2-1-3-19(20)26-21(27)13-25-22(28)16-7-11-18(24)12-8-16/h1-12H,13-14H2,(H,25,28). The van der Waals surface area contributed by atoms with E-state index < -0.39 is 0 Å². The highest BCUT2D eigenvalue weighted by Gasteiger charge is 2.13. The number of nitrogens with one attached hydrogen (secondary N) is 1. The number of carbonyl (C=O) groups excluding carboxylic acids is 1. The lowest BCUT2D eigenvalue weighted by Gasteiger charge is -2.11. The Morgan fingerprint density at radius 1 is 1.00 bits per heavy atom. The highest BCUT2D eigenvalue weighted by Crippen LogP contribution is 2.19. The Kier molecular flexibility index (Phi) is 5.21. The molecule has 0 aliphatic heterocycles. The molecule has 0 fully saturated rings. The van der Waals surface area contributed by atoms with Crippen LogP contribution in [0.2, 0.25) is 0 Å². The number of rotatable bonds is 5. The summed E-state index contributed by atoms with van der Waals surface area (Å²) in [5, 5.41) is 2.88. The molecule has 0 radical (unpaired) electrons. The number of amides is 1. The molecule has 28 heavy (non-hydrogen) atoms. The Hall–Kier alpha value is -2.99. The lowest BCUT2D eigenvalue weighted by atomic mass is 10.2. The molecule has 6 heteroatoms. The van der Waals surface area contributed by atoms with Crippen molar-refractivity contribution in [2.75, 3.05) is 0 Å². The molecule has 3 aromatic carbocycles. The third-order valence-electron chi connectivity index (χ3n) is 4.50. The zero-order valence-electron chi connectivity index (χ0n) is 14.9. The van der Waals surface area contributed by atoms with Gasteiger partial charge in [-0.25, -0.2) is 9.37 Å². The fraction of sp³-hybridized carbons (Fsp3) is 0.0909. The van der Waals surface area contributed by atoms with Gasteiger partial charge in [-0.1, -0.05) is 40.2 Å². The van der Waals surface area contributed by atoms with Crippen LogP contribution in [0.15, 0.2) is 77.3 Å². The third-order valence-corrected chi connectivity index (χ3v) is 5.03. The lowest BCUT2D eigenvalue weighted by Crippen LogP contribution is -2.24. The first-order valence-electron chi connectivity index (χ1n) is 8.82. The molecule has 4 nitrogen and oxygen atoms in total. The maximum Gasteiger partial charge on any atom is 0.251 e. The molecule has 0 atom stereocenters. The van der Waals surface area contributed by atoms with Gasteiger partial charge in [0.2, 0.25) is 0 Å². The van der Waals surface area contributed by atoms with Gasteiger partial charge in [0.25, 0.3) is 5.91 Å². The van der Waals surface area contributed by atoms with Crippen LogP contribution in [0.25, 0.3) is 11.0 Å². The highest BCUT2D eigenvalue weighted by molar-refractivity contribution is 9.10. The van der Waals surface area contributed by atoms with Crippen LogP contribution < -0.4 is 5.32 Å². The van der Waals surface area contributed by atoms with Crippen molar-refractivity contribution in [3.8, 4) is 0 Å². The second kappa shape index (κ2) is 7.94. The van der Waals surface area contributed by atoms with Gasteiger partial charge in [0.15, 0.2) is 0 Å². The minimum absolute atomic E-state index is 0.262. The second-order valence-corrected chi connectivity index (χ2v) is 7.33. The summed E-state index contributed by atoms with van der Waals surface area (Å²) >= 11 is 3.45. The van der Waals surface area contributed by atoms with Crippen molar-refractivity contribution in [1.29, 1.82) is 0 Å². The van der Waals surface area contributed by atoms with Crippen LogP contribution in [-0.2, 0) is 13.1 Å². The predicted molar refractivity (Wildman–Crippen MR) is 111 cm³/mol. The second-order valence-electron chi connectivity index (χ2n) is 6.42. The van der Waals surface area contributed by atoms with Gasteiger partial charge in [-0.3, -0.25) is 4.79 Å². The molecule has 4 aromatic rings. The van der Waals surface area contributed by atoms with Crippen molar-refractivity contribution < 1.29 is 9.18 Å². The van der Waals surface area contributed by atoms with E-state index in [0.29, 0.717) is 12.1 Å². The van der Waals surface area contributed by atoms with Crippen molar-refractivity contribution in [2.45, 2.75) is 13.1 Å². The number of benzene rings is 3.